The highest BCUT2D eigenvalue weighted by Crippen LogP contribution is 2.23. The predicted octanol–water partition coefficient (Wildman–Crippen LogP) is 1.82. The van der Waals surface area contributed by atoms with E-state index in [1.54, 1.807) is 0 Å². The van der Waals surface area contributed by atoms with Crippen molar-refractivity contribution in [2.24, 2.45) is 0 Å². The molecule has 1 aliphatic rings. The molecule has 1 N–H and O–H groups in total. The Balaban J connectivity index is 1.80. The van der Waals surface area contributed by atoms with Crippen LogP contribution in [0.5, 0.6) is 0 Å². The Kier molecular flexibility index (Phi) is 5.11. The molecule has 1 aromatic heterocycles. The second-order valence-corrected chi connectivity index (χ2v) is 5.48. The number of carbonyl (C=O) groups is 1. The average Bonchev–Trinajstić information content (AvgIpc) is 2.86. The minimum atomic E-state index is 0.142. The minimum absolute atomic E-state index is 0.142. The van der Waals surface area contributed by atoms with E-state index in [1.807, 2.05) is 13.8 Å². The number of nitrogens with one attached hydrogen (secondary N) is 1. The molecule has 6 heteroatoms. The second kappa shape index (κ2) is 6.83. The van der Waals surface area contributed by atoms with Crippen LogP contribution in [-0.2, 0) is 4.79 Å². The van der Waals surface area contributed by atoms with Crippen LogP contribution in [-0.4, -0.2) is 40.1 Å². The van der Waals surface area contributed by atoms with Gasteiger partial charge < -0.3 is 9.84 Å². The van der Waals surface area contributed by atoms with Gasteiger partial charge >= 0.3 is 0 Å². The summed E-state index contributed by atoms with van der Waals surface area (Å²) in [6.45, 7) is 7.83. The summed E-state index contributed by atoms with van der Waals surface area (Å²) in [5.41, 5.74) is 0. The highest BCUT2D eigenvalue weighted by atomic mass is 16.5. The van der Waals surface area contributed by atoms with E-state index in [4.69, 9.17) is 4.52 Å². The van der Waals surface area contributed by atoms with E-state index in [2.05, 4.69) is 27.3 Å². The highest BCUT2D eigenvalue weighted by Gasteiger charge is 2.26. The molecular formula is C14H24N4O2. The molecule has 0 aromatic carbocycles. The molecule has 2 heterocycles. The summed E-state index contributed by atoms with van der Waals surface area (Å²) >= 11 is 0. The maximum Gasteiger partial charge on any atom is 0.243 e. The molecule has 20 heavy (non-hydrogen) atoms. The molecule has 0 spiro atoms. The first kappa shape index (κ1) is 15.0. The lowest BCUT2D eigenvalue weighted by Gasteiger charge is -2.34. The first-order valence-corrected chi connectivity index (χ1v) is 7.43. The number of carbonyl (C=O) groups excluding carboxylic acids is 1. The third kappa shape index (κ3) is 3.79. The summed E-state index contributed by atoms with van der Waals surface area (Å²) < 4.78 is 5.23. The fraction of sp³-hybridized carbons (Fsp3) is 0.786. The maximum atomic E-state index is 11.6. The number of aromatic nitrogens is 2. The summed E-state index contributed by atoms with van der Waals surface area (Å²) in [4.78, 5) is 18.2. The van der Waals surface area contributed by atoms with E-state index in [1.165, 1.54) is 0 Å². The van der Waals surface area contributed by atoms with Gasteiger partial charge in [-0.05, 0) is 33.1 Å². The van der Waals surface area contributed by atoms with Crippen molar-refractivity contribution in [1.82, 2.24) is 20.4 Å². The minimum Gasteiger partial charge on any atom is -0.353 e. The first-order chi connectivity index (χ1) is 9.60. The van der Waals surface area contributed by atoms with Crippen molar-refractivity contribution in [3.05, 3.63) is 11.7 Å². The molecule has 6 nitrogen and oxygen atoms in total. The molecular weight excluding hydrogens is 256 g/mol. The largest absolute Gasteiger partial charge is 0.353 e. The molecule has 1 atom stereocenters. The number of rotatable bonds is 5. The number of piperidine rings is 1. The number of aryl methyl sites for hydroxylation is 1. The zero-order chi connectivity index (χ0) is 14.5. The van der Waals surface area contributed by atoms with Crippen molar-refractivity contribution >= 4 is 5.91 Å². The fourth-order valence-electron chi connectivity index (χ4n) is 2.60. The van der Waals surface area contributed by atoms with Crippen LogP contribution in [0.3, 0.4) is 0 Å². The number of amides is 1. The van der Waals surface area contributed by atoms with Crippen LogP contribution in [0.25, 0.3) is 0 Å². The molecule has 1 aromatic rings. The van der Waals surface area contributed by atoms with Crippen LogP contribution in [0.1, 0.15) is 57.3 Å². The van der Waals surface area contributed by atoms with Crippen LogP contribution in [0, 0.1) is 6.92 Å². The predicted molar refractivity (Wildman–Crippen MR) is 75.1 cm³/mol. The maximum absolute atomic E-state index is 11.6. The summed E-state index contributed by atoms with van der Waals surface area (Å²) in [6, 6.07) is 0.449. The van der Waals surface area contributed by atoms with Gasteiger partial charge in [-0.3, -0.25) is 9.69 Å². The summed E-state index contributed by atoms with van der Waals surface area (Å²) in [5, 5.41) is 6.94. The van der Waals surface area contributed by atoms with Gasteiger partial charge in [-0.25, -0.2) is 0 Å². The Bertz CT molecular complexity index is 438. The molecule has 1 aliphatic heterocycles. The van der Waals surface area contributed by atoms with Gasteiger partial charge in [0.25, 0.3) is 0 Å². The van der Waals surface area contributed by atoms with Crippen molar-refractivity contribution in [3.8, 4) is 0 Å². The number of hydrogen-bond donors (Lipinski definition) is 1. The molecule has 1 amide bonds. The normalized spacial score (nSPS) is 18.9. The van der Waals surface area contributed by atoms with Crippen molar-refractivity contribution in [2.45, 2.75) is 58.5 Å². The lowest BCUT2D eigenvalue weighted by Crippen LogP contribution is -2.45. The zero-order valence-corrected chi connectivity index (χ0v) is 12.6. The van der Waals surface area contributed by atoms with Crippen molar-refractivity contribution in [2.75, 3.05) is 13.1 Å². The lowest BCUT2D eigenvalue weighted by molar-refractivity contribution is -0.122. The molecule has 0 bridgehead atoms. The number of nitrogens with zero attached hydrogens (tertiary/aromatic N) is 3. The zero-order valence-electron chi connectivity index (χ0n) is 12.6. The molecule has 2 rings (SSSR count). The monoisotopic (exact) mass is 280 g/mol. The molecule has 0 aliphatic carbocycles. The standard InChI is InChI=1S/C14H24N4O2/c1-4-5-13(19)16-12-6-8-18(9-7-12)10(2)14-15-11(3)17-20-14/h10,12H,4-9H2,1-3H3,(H,16,19)/t10-/m0/s1. The van der Waals surface area contributed by atoms with E-state index in [0.29, 0.717) is 24.2 Å². The summed E-state index contributed by atoms with van der Waals surface area (Å²) in [5.74, 6) is 1.52. The Morgan fingerprint density at radius 1 is 1.50 bits per heavy atom. The topological polar surface area (TPSA) is 71.3 Å². The van der Waals surface area contributed by atoms with Gasteiger partial charge in [0.05, 0.1) is 6.04 Å². The molecule has 0 radical (unpaired) electrons. The lowest BCUT2D eigenvalue weighted by atomic mass is 10.0. The first-order valence-electron chi connectivity index (χ1n) is 7.43. The van der Waals surface area contributed by atoms with Crippen LogP contribution < -0.4 is 5.32 Å². The van der Waals surface area contributed by atoms with Crippen LogP contribution in [0.2, 0.25) is 0 Å². The van der Waals surface area contributed by atoms with Gasteiger partial charge in [-0.1, -0.05) is 12.1 Å². The summed E-state index contributed by atoms with van der Waals surface area (Å²) in [6.07, 6.45) is 3.48. The number of hydrogen-bond acceptors (Lipinski definition) is 5. The van der Waals surface area contributed by atoms with E-state index in [-0.39, 0.29) is 11.9 Å². The average molecular weight is 280 g/mol. The number of likely N-dealkylation sites (tertiary alicyclic amines) is 1. The van der Waals surface area contributed by atoms with Crippen molar-refractivity contribution < 1.29 is 9.32 Å². The van der Waals surface area contributed by atoms with Gasteiger partial charge in [0.15, 0.2) is 5.82 Å². The van der Waals surface area contributed by atoms with Crippen LogP contribution >= 0.6 is 0 Å². The molecule has 1 saturated heterocycles. The Labute approximate surface area is 119 Å². The Morgan fingerprint density at radius 3 is 2.75 bits per heavy atom. The van der Waals surface area contributed by atoms with Gasteiger partial charge in [0, 0.05) is 25.6 Å². The van der Waals surface area contributed by atoms with Gasteiger partial charge in [0.1, 0.15) is 0 Å². The van der Waals surface area contributed by atoms with Crippen LogP contribution in [0.15, 0.2) is 4.52 Å². The van der Waals surface area contributed by atoms with E-state index in [9.17, 15) is 4.79 Å². The highest BCUT2D eigenvalue weighted by molar-refractivity contribution is 5.76. The van der Waals surface area contributed by atoms with E-state index in [0.717, 1.165) is 32.4 Å². The van der Waals surface area contributed by atoms with Gasteiger partial charge in [-0.2, -0.15) is 4.98 Å². The second-order valence-electron chi connectivity index (χ2n) is 5.48. The van der Waals surface area contributed by atoms with Gasteiger partial charge in [0.2, 0.25) is 11.8 Å². The molecule has 112 valence electrons. The fourth-order valence-corrected chi connectivity index (χ4v) is 2.60. The Hall–Kier alpha value is -1.43. The quantitative estimate of drug-likeness (QED) is 0.890. The third-order valence-corrected chi connectivity index (χ3v) is 3.82. The van der Waals surface area contributed by atoms with Crippen molar-refractivity contribution in [1.29, 1.82) is 0 Å². The molecule has 0 saturated carbocycles. The Morgan fingerprint density at radius 2 is 2.20 bits per heavy atom. The molecule has 1 fully saturated rings. The van der Waals surface area contributed by atoms with Crippen molar-refractivity contribution in [3.63, 3.8) is 0 Å². The SMILES string of the molecule is CCCC(=O)NC1CCN([C@@H](C)c2nc(C)no2)CC1. The van der Waals surface area contributed by atoms with Crippen LogP contribution in [0.4, 0.5) is 0 Å². The smallest absolute Gasteiger partial charge is 0.243 e. The van der Waals surface area contributed by atoms with E-state index < -0.39 is 0 Å². The third-order valence-electron chi connectivity index (χ3n) is 3.82. The van der Waals surface area contributed by atoms with E-state index >= 15 is 0 Å². The summed E-state index contributed by atoms with van der Waals surface area (Å²) in [7, 11) is 0. The molecule has 0 unspecified atom stereocenters. The van der Waals surface area contributed by atoms with Gasteiger partial charge in [-0.15, -0.1) is 0 Å².